The maximum Gasteiger partial charge on any atom is 0.195 e. The Labute approximate surface area is 104 Å². The maximum absolute atomic E-state index is 5.26. The van der Waals surface area contributed by atoms with Crippen LogP contribution in [0, 0.1) is 4.77 Å². The summed E-state index contributed by atoms with van der Waals surface area (Å²) in [5, 5.41) is 11.4. The first kappa shape index (κ1) is 11.5. The van der Waals surface area contributed by atoms with Crippen molar-refractivity contribution in [2.24, 2.45) is 0 Å². The van der Waals surface area contributed by atoms with Gasteiger partial charge < -0.3 is 4.57 Å². The molecule has 0 saturated heterocycles. The van der Waals surface area contributed by atoms with Crippen molar-refractivity contribution in [3.63, 3.8) is 0 Å². The van der Waals surface area contributed by atoms with E-state index in [0.29, 0.717) is 6.04 Å². The van der Waals surface area contributed by atoms with Gasteiger partial charge >= 0.3 is 0 Å². The third-order valence-corrected chi connectivity index (χ3v) is 3.67. The van der Waals surface area contributed by atoms with E-state index >= 15 is 0 Å². The van der Waals surface area contributed by atoms with E-state index in [1.54, 1.807) is 11.3 Å². The number of rotatable bonds is 4. The van der Waals surface area contributed by atoms with Crippen molar-refractivity contribution in [1.82, 2.24) is 14.8 Å². The number of aromatic amines is 1. The highest BCUT2D eigenvalue weighted by molar-refractivity contribution is 7.71. The highest BCUT2D eigenvalue weighted by Gasteiger charge is 2.12. The monoisotopic (exact) mass is 253 g/mol. The third-order valence-electron chi connectivity index (χ3n) is 2.65. The van der Waals surface area contributed by atoms with Crippen molar-refractivity contribution in [3.05, 3.63) is 33.0 Å². The fourth-order valence-corrected chi connectivity index (χ4v) is 2.89. The first-order valence-electron chi connectivity index (χ1n) is 5.39. The molecule has 0 spiro atoms. The predicted molar refractivity (Wildman–Crippen MR) is 69.5 cm³/mol. The summed E-state index contributed by atoms with van der Waals surface area (Å²) in [5.41, 5.74) is 1.36. The number of H-pyrrole nitrogens is 1. The molecule has 2 rings (SSSR count). The van der Waals surface area contributed by atoms with E-state index in [9.17, 15) is 0 Å². The van der Waals surface area contributed by atoms with Crippen LogP contribution < -0.4 is 0 Å². The second-order valence-corrected chi connectivity index (χ2v) is 5.02. The Bertz CT molecular complexity index is 496. The molecule has 1 unspecified atom stereocenters. The quantitative estimate of drug-likeness (QED) is 0.848. The maximum atomic E-state index is 5.26. The van der Waals surface area contributed by atoms with E-state index in [0.717, 1.165) is 23.4 Å². The average molecular weight is 253 g/mol. The molecular formula is C11H15N3S2. The van der Waals surface area contributed by atoms with Crippen molar-refractivity contribution in [3.8, 4) is 0 Å². The summed E-state index contributed by atoms with van der Waals surface area (Å²) in [6.45, 7) is 4.28. The summed E-state index contributed by atoms with van der Waals surface area (Å²) in [7, 11) is 0. The minimum atomic E-state index is 0.357. The molecule has 5 heteroatoms. The summed E-state index contributed by atoms with van der Waals surface area (Å²) in [6.07, 6.45) is 1.91. The van der Waals surface area contributed by atoms with E-state index in [2.05, 4.69) is 45.4 Å². The van der Waals surface area contributed by atoms with E-state index in [1.165, 1.54) is 5.56 Å². The van der Waals surface area contributed by atoms with Crippen LogP contribution in [0.15, 0.2) is 16.8 Å². The van der Waals surface area contributed by atoms with Gasteiger partial charge in [-0.1, -0.05) is 6.92 Å². The average Bonchev–Trinajstić information content (AvgIpc) is 2.87. The second-order valence-electron chi connectivity index (χ2n) is 3.85. The minimum Gasteiger partial charge on any atom is -0.301 e. The molecule has 0 aliphatic carbocycles. The van der Waals surface area contributed by atoms with Crippen molar-refractivity contribution in [1.29, 1.82) is 0 Å². The van der Waals surface area contributed by atoms with Crippen molar-refractivity contribution < 1.29 is 0 Å². The van der Waals surface area contributed by atoms with Gasteiger partial charge in [-0.3, -0.25) is 5.10 Å². The van der Waals surface area contributed by atoms with Crippen molar-refractivity contribution in [2.45, 2.75) is 32.7 Å². The van der Waals surface area contributed by atoms with Crippen molar-refractivity contribution in [2.75, 3.05) is 0 Å². The van der Waals surface area contributed by atoms with Gasteiger partial charge in [0, 0.05) is 12.5 Å². The molecule has 0 amide bonds. The van der Waals surface area contributed by atoms with Crippen LogP contribution in [0.5, 0.6) is 0 Å². The van der Waals surface area contributed by atoms with Gasteiger partial charge in [0.1, 0.15) is 5.82 Å². The highest BCUT2D eigenvalue weighted by atomic mass is 32.1. The lowest BCUT2D eigenvalue weighted by Crippen LogP contribution is -2.11. The smallest absolute Gasteiger partial charge is 0.195 e. The molecule has 86 valence electrons. The number of aromatic nitrogens is 3. The van der Waals surface area contributed by atoms with Gasteiger partial charge in [0.25, 0.3) is 0 Å². The number of nitrogens with one attached hydrogen (secondary N) is 1. The molecule has 0 bridgehead atoms. The molecule has 16 heavy (non-hydrogen) atoms. The standard InChI is InChI=1S/C11H15N3S2/c1-3-10-12-13-11(15)14(10)8(2)6-9-4-5-16-7-9/h4-5,7-8H,3,6H2,1-2H3,(H,13,15). The van der Waals surface area contributed by atoms with Gasteiger partial charge in [-0.15, -0.1) is 0 Å². The lowest BCUT2D eigenvalue weighted by Gasteiger charge is -2.14. The van der Waals surface area contributed by atoms with Gasteiger partial charge in [-0.2, -0.15) is 16.4 Å². The highest BCUT2D eigenvalue weighted by Crippen LogP contribution is 2.18. The molecule has 0 radical (unpaired) electrons. The van der Waals surface area contributed by atoms with Gasteiger partial charge in [-0.05, 0) is 48.0 Å². The number of hydrogen-bond donors (Lipinski definition) is 1. The lowest BCUT2D eigenvalue weighted by atomic mass is 10.1. The SMILES string of the molecule is CCc1n[nH]c(=S)n1C(C)Cc1ccsc1. The summed E-state index contributed by atoms with van der Waals surface area (Å²) in [5.74, 6) is 1.03. The third kappa shape index (κ3) is 2.25. The fraction of sp³-hybridized carbons (Fsp3) is 0.455. The van der Waals surface area contributed by atoms with Gasteiger partial charge in [0.15, 0.2) is 4.77 Å². The number of aryl methyl sites for hydroxylation is 1. The van der Waals surface area contributed by atoms with Gasteiger partial charge in [-0.25, -0.2) is 0 Å². The second kappa shape index (κ2) is 4.93. The first-order valence-corrected chi connectivity index (χ1v) is 6.74. The van der Waals surface area contributed by atoms with Crippen LogP contribution in [0.2, 0.25) is 0 Å². The van der Waals surface area contributed by atoms with Crippen molar-refractivity contribution >= 4 is 23.6 Å². The Morgan fingerprint density at radius 1 is 1.62 bits per heavy atom. The number of hydrogen-bond acceptors (Lipinski definition) is 3. The van der Waals surface area contributed by atoms with E-state index < -0.39 is 0 Å². The molecule has 0 fully saturated rings. The zero-order valence-electron chi connectivity index (χ0n) is 9.43. The Hall–Kier alpha value is -0.940. The molecule has 1 N–H and O–H groups in total. The van der Waals surface area contributed by atoms with Crippen LogP contribution in [-0.4, -0.2) is 14.8 Å². The summed E-state index contributed by atoms with van der Waals surface area (Å²) < 4.78 is 2.84. The molecule has 2 aromatic rings. The zero-order valence-corrected chi connectivity index (χ0v) is 11.1. The largest absolute Gasteiger partial charge is 0.301 e. The summed E-state index contributed by atoms with van der Waals surface area (Å²) in [4.78, 5) is 0. The number of thiophene rings is 1. The summed E-state index contributed by atoms with van der Waals surface area (Å²) in [6, 6.07) is 2.52. The van der Waals surface area contributed by atoms with E-state index in [1.807, 2.05) is 0 Å². The molecule has 0 saturated carbocycles. The van der Waals surface area contributed by atoms with Crippen LogP contribution in [0.25, 0.3) is 0 Å². The van der Waals surface area contributed by atoms with E-state index in [-0.39, 0.29) is 0 Å². The zero-order chi connectivity index (χ0) is 11.5. The number of nitrogens with zero attached hydrogens (tertiary/aromatic N) is 2. The minimum absolute atomic E-state index is 0.357. The van der Waals surface area contributed by atoms with Crippen LogP contribution in [0.4, 0.5) is 0 Å². The van der Waals surface area contributed by atoms with Gasteiger partial charge in [0.05, 0.1) is 0 Å². The molecular weight excluding hydrogens is 238 g/mol. The first-order chi connectivity index (χ1) is 7.72. The van der Waals surface area contributed by atoms with Gasteiger partial charge in [0.2, 0.25) is 0 Å². The Kier molecular flexibility index (Phi) is 3.56. The predicted octanol–water partition coefficient (Wildman–Crippen LogP) is 3.37. The molecule has 0 aliphatic rings. The summed E-state index contributed by atoms with van der Waals surface area (Å²) >= 11 is 6.99. The normalized spacial score (nSPS) is 12.9. The van der Waals surface area contributed by atoms with Crippen LogP contribution in [0.3, 0.4) is 0 Å². The molecule has 3 nitrogen and oxygen atoms in total. The van der Waals surface area contributed by atoms with E-state index in [4.69, 9.17) is 12.2 Å². The van der Waals surface area contributed by atoms with Crippen LogP contribution in [-0.2, 0) is 12.8 Å². The topological polar surface area (TPSA) is 33.6 Å². The Morgan fingerprint density at radius 3 is 3.06 bits per heavy atom. The molecule has 2 aromatic heterocycles. The molecule has 0 aromatic carbocycles. The lowest BCUT2D eigenvalue weighted by molar-refractivity contribution is 0.517. The molecule has 1 atom stereocenters. The Balaban J connectivity index is 2.23. The van der Waals surface area contributed by atoms with Crippen LogP contribution in [0.1, 0.15) is 31.3 Å². The molecule has 2 heterocycles. The molecule has 0 aliphatic heterocycles. The Morgan fingerprint density at radius 2 is 2.44 bits per heavy atom. The van der Waals surface area contributed by atoms with Crippen LogP contribution >= 0.6 is 23.6 Å². The fourth-order valence-electron chi connectivity index (χ4n) is 1.88.